The van der Waals surface area contributed by atoms with Crippen LogP contribution in [-0.2, 0) is 0 Å². The van der Waals surface area contributed by atoms with Crippen LogP contribution >= 0.6 is 34.4 Å². The number of halogens is 1. The SMILES string of the molecule is O=C(Nc1ccc(Sc2nncs2)cc1)c1nc(-c2cccs2)n(-c2cccc(F)c2)n1. The molecule has 32 heavy (non-hydrogen) atoms. The number of nitrogens with zero attached hydrogens (tertiary/aromatic N) is 5. The Kier molecular flexibility index (Phi) is 5.75. The summed E-state index contributed by atoms with van der Waals surface area (Å²) in [5.74, 6) is -0.389. The van der Waals surface area contributed by atoms with Crippen LogP contribution in [0.1, 0.15) is 10.6 Å². The van der Waals surface area contributed by atoms with Crippen molar-refractivity contribution in [3.05, 3.63) is 83.2 Å². The molecule has 0 saturated heterocycles. The molecule has 0 unspecified atom stereocenters. The van der Waals surface area contributed by atoms with Gasteiger partial charge in [-0.2, -0.15) is 0 Å². The van der Waals surface area contributed by atoms with Gasteiger partial charge in [0.2, 0.25) is 5.82 Å². The molecule has 1 N–H and O–H groups in total. The maximum atomic E-state index is 13.8. The zero-order chi connectivity index (χ0) is 21.9. The van der Waals surface area contributed by atoms with E-state index in [4.69, 9.17) is 0 Å². The van der Waals surface area contributed by atoms with Crippen molar-refractivity contribution < 1.29 is 9.18 Å². The molecular formula is C21H13FN6OS3. The van der Waals surface area contributed by atoms with Gasteiger partial charge in [-0.25, -0.2) is 14.1 Å². The molecule has 0 aliphatic carbocycles. The van der Waals surface area contributed by atoms with Gasteiger partial charge < -0.3 is 5.32 Å². The molecule has 3 heterocycles. The molecule has 0 atom stereocenters. The van der Waals surface area contributed by atoms with Crippen LogP contribution in [-0.4, -0.2) is 30.9 Å². The molecule has 5 aromatic rings. The van der Waals surface area contributed by atoms with Crippen LogP contribution in [0.25, 0.3) is 16.4 Å². The minimum absolute atomic E-state index is 0.00928. The molecule has 5 rings (SSSR count). The number of carbonyl (C=O) groups excluding carboxylic acids is 1. The Morgan fingerprint density at radius 3 is 2.66 bits per heavy atom. The predicted molar refractivity (Wildman–Crippen MR) is 123 cm³/mol. The van der Waals surface area contributed by atoms with Crippen LogP contribution in [0.2, 0.25) is 0 Å². The average Bonchev–Trinajstić information content (AvgIpc) is 3.56. The number of rotatable bonds is 6. The van der Waals surface area contributed by atoms with E-state index >= 15 is 0 Å². The number of thiophene rings is 1. The van der Waals surface area contributed by atoms with Crippen LogP contribution in [0.3, 0.4) is 0 Å². The largest absolute Gasteiger partial charge is 0.319 e. The highest BCUT2D eigenvalue weighted by Crippen LogP contribution is 2.29. The summed E-state index contributed by atoms with van der Waals surface area (Å²) in [4.78, 5) is 19.1. The van der Waals surface area contributed by atoms with Gasteiger partial charge in [0.05, 0.1) is 10.6 Å². The highest BCUT2D eigenvalue weighted by Gasteiger charge is 2.20. The molecule has 3 aromatic heterocycles. The fraction of sp³-hybridized carbons (Fsp3) is 0. The van der Waals surface area contributed by atoms with Crippen molar-refractivity contribution in [1.82, 2.24) is 25.0 Å². The van der Waals surface area contributed by atoms with Gasteiger partial charge in [-0.3, -0.25) is 4.79 Å². The summed E-state index contributed by atoms with van der Waals surface area (Å²) >= 11 is 4.42. The van der Waals surface area contributed by atoms with Gasteiger partial charge in [0, 0.05) is 10.6 Å². The molecule has 0 aliphatic heterocycles. The number of amides is 1. The number of anilines is 1. The highest BCUT2D eigenvalue weighted by atomic mass is 32.2. The van der Waals surface area contributed by atoms with Crippen molar-refractivity contribution in [2.75, 3.05) is 5.32 Å². The second kappa shape index (κ2) is 8.99. The van der Waals surface area contributed by atoms with Crippen LogP contribution < -0.4 is 5.32 Å². The van der Waals surface area contributed by atoms with Crippen LogP contribution in [0.4, 0.5) is 10.1 Å². The van der Waals surface area contributed by atoms with E-state index in [0.717, 1.165) is 14.1 Å². The lowest BCUT2D eigenvalue weighted by Crippen LogP contribution is -2.14. The first-order valence-electron chi connectivity index (χ1n) is 9.28. The topological polar surface area (TPSA) is 85.6 Å². The lowest BCUT2D eigenvalue weighted by atomic mass is 10.3. The Bertz CT molecular complexity index is 1350. The average molecular weight is 481 g/mol. The standard InChI is InChI=1S/C21H13FN6OS3/c22-13-3-1-4-15(11-13)28-19(17-5-2-10-30-17)25-18(27-28)20(29)24-14-6-8-16(9-7-14)32-21-26-23-12-31-21/h1-12H,(H,24,29). The Labute approximate surface area is 194 Å². The third kappa shape index (κ3) is 4.44. The van der Waals surface area contributed by atoms with E-state index in [9.17, 15) is 9.18 Å². The van der Waals surface area contributed by atoms with Gasteiger partial charge in [0.1, 0.15) is 11.3 Å². The second-order valence-corrected chi connectivity index (χ2v) is 9.51. The minimum atomic E-state index is -0.456. The smallest absolute Gasteiger partial charge is 0.295 e. The normalized spacial score (nSPS) is 10.9. The molecule has 158 valence electrons. The molecule has 11 heteroatoms. The Morgan fingerprint density at radius 2 is 1.94 bits per heavy atom. The zero-order valence-electron chi connectivity index (χ0n) is 16.2. The van der Waals surface area contributed by atoms with E-state index in [2.05, 4.69) is 25.6 Å². The van der Waals surface area contributed by atoms with Gasteiger partial charge in [-0.1, -0.05) is 35.2 Å². The van der Waals surface area contributed by atoms with Gasteiger partial charge in [0.15, 0.2) is 10.2 Å². The molecule has 0 spiro atoms. The van der Waals surface area contributed by atoms with E-state index in [0.29, 0.717) is 17.2 Å². The van der Waals surface area contributed by atoms with E-state index in [-0.39, 0.29) is 5.82 Å². The lowest BCUT2D eigenvalue weighted by Gasteiger charge is -2.04. The number of aromatic nitrogens is 5. The summed E-state index contributed by atoms with van der Waals surface area (Å²) in [6, 6.07) is 17.1. The second-order valence-electron chi connectivity index (χ2n) is 6.41. The van der Waals surface area contributed by atoms with Crippen LogP contribution in [0.5, 0.6) is 0 Å². The van der Waals surface area contributed by atoms with Gasteiger partial charge >= 0.3 is 0 Å². The number of benzene rings is 2. The summed E-state index contributed by atoms with van der Waals surface area (Å²) < 4.78 is 16.1. The molecule has 0 fully saturated rings. The lowest BCUT2D eigenvalue weighted by molar-refractivity contribution is 0.101. The van der Waals surface area contributed by atoms with Crippen molar-refractivity contribution in [3.8, 4) is 16.4 Å². The van der Waals surface area contributed by atoms with Crippen molar-refractivity contribution in [2.24, 2.45) is 0 Å². The fourth-order valence-corrected chi connectivity index (χ4v) is 5.01. The van der Waals surface area contributed by atoms with Gasteiger partial charge in [0.25, 0.3) is 5.91 Å². The van der Waals surface area contributed by atoms with E-state index in [1.807, 2.05) is 29.6 Å². The fourth-order valence-electron chi connectivity index (χ4n) is 2.86. The first kappa shape index (κ1) is 20.5. The first-order chi connectivity index (χ1) is 15.7. The summed E-state index contributed by atoms with van der Waals surface area (Å²) in [5, 5.41) is 16.9. The molecule has 0 aliphatic rings. The zero-order valence-corrected chi connectivity index (χ0v) is 18.6. The van der Waals surface area contributed by atoms with Crippen LogP contribution in [0.15, 0.2) is 80.8 Å². The van der Waals surface area contributed by atoms with E-state index in [1.165, 1.54) is 51.2 Å². The molecule has 7 nitrogen and oxygen atoms in total. The van der Waals surface area contributed by atoms with Crippen molar-refractivity contribution in [3.63, 3.8) is 0 Å². The van der Waals surface area contributed by atoms with Crippen molar-refractivity contribution in [1.29, 1.82) is 0 Å². The third-order valence-electron chi connectivity index (χ3n) is 4.26. The van der Waals surface area contributed by atoms with Crippen molar-refractivity contribution in [2.45, 2.75) is 9.24 Å². The Balaban J connectivity index is 1.39. The quantitative estimate of drug-likeness (QED) is 0.351. The Morgan fingerprint density at radius 1 is 1.06 bits per heavy atom. The first-order valence-corrected chi connectivity index (χ1v) is 11.9. The molecule has 1 amide bonds. The molecule has 0 saturated carbocycles. The van der Waals surface area contributed by atoms with Crippen LogP contribution in [0, 0.1) is 5.82 Å². The predicted octanol–water partition coefficient (Wildman–Crippen LogP) is 5.39. The molecule has 2 aromatic carbocycles. The minimum Gasteiger partial charge on any atom is -0.319 e. The number of hydrogen-bond donors (Lipinski definition) is 1. The number of nitrogens with one attached hydrogen (secondary N) is 1. The van der Waals surface area contributed by atoms with Gasteiger partial charge in [-0.15, -0.1) is 26.6 Å². The van der Waals surface area contributed by atoms with Gasteiger partial charge in [-0.05, 0) is 53.9 Å². The maximum Gasteiger partial charge on any atom is 0.295 e. The number of carbonyl (C=O) groups is 1. The molecule has 0 bridgehead atoms. The summed E-state index contributed by atoms with van der Waals surface area (Å²) in [7, 11) is 0. The van der Waals surface area contributed by atoms with Crippen molar-refractivity contribution >= 4 is 46.0 Å². The van der Waals surface area contributed by atoms with E-state index in [1.54, 1.807) is 29.8 Å². The number of hydrogen-bond acceptors (Lipinski definition) is 8. The summed E-state index contributed by atoms with van der Waals surface area (Å²) in [5.41, 5.74) is 2.77. The van der Waals surface area contributed by atoms with E-state index < -0.39 is 11.7 Å². The monoisotopic (exact) mass is 480 g/mol. The Hall–Kier alpha value is -3.41. The summed E-state index contributed by atoms with van der Waals surface area (Å²) in [6.07, 6.45) is 0. The maximum absolute atomic E-state index is 13.8. The molecular weight excluding hydrogens is 467 g/mol. The molecule has 0 radical (unpaired) electrons. The summed E-state index contributed by atoms with van der Waals surface area (Å²) in [6.45, 7) is 0. The third-order valence-corrected chi connectivity index (χ3v) is 6.91. The highest BCUT2D eigenvalue weighted by molar-refractivity contribution is 8.01.